The first-order valence-electron chi connectivity index (χ1n) is 7.13. The lowest BCUT2D eigenvalue weighted by Gasteiger charge is -2.39. The van der Waals surface area contributed by atoms with Crippen molar-refractivity contribution in [3.8, 4) is 0 Å². The topological polar surface area (TPSA) is 46.3 Å². The standard InChI is InChI=1S/C15H26N2OS/c1-13(2)10(14(13,3)4)11(18)17-8-6-15(5,7-9-17)12(16)19/h10H,6-9H2,1-5H3,(H2,16,19). The highest BCUT2D eigenvalue weighted by Gasteiger charge is 2.68. The summed E-state index contributed by atoms with van der Waals surface area (Å²) >= 11 is 5.14. The molecule has 2 N–H and O–H groups in total. The van der Waals surface area contributed by atoms with Gasteiger partial charge in [-0.1, -0.05) is 46.8 Å². The highest BCUT2D eigenvalue weighted by atomic mass is 32.1. The van der Waals surface area contributed by atoms with Gasteiger partial charge in [0.2, 0.25) is 5.91 Å². The van der Waals surface area contributed by atoms with Gasteiger partial charge in [0.1, 0.15) is 0 Å². The third kappa shape index (κ3) is 2.08. The Morgan fingerprint density at radius 1 is 1.11 bits per heavy atom. The molecule has 0 unspecified atom stereocenters. The number of hydrogen-bond acceptors (Lipinski definition) is 2. The van der Waals surface area contributed by atoms with E-state index in [-0.39, 0.29) is 22.2 Å². The van der Waals surface area contributed by atoms with Crippen LogP contribution in [-0.4, -0.2) is 28.9 Å². The van der Waals surface area contributed by atoms with Crippen molar-refractivity contribution in [1.82, 2.24) is 4.90 Å². The molecule has 2 aliphatic rings. The quantitative estimate of drug-likeness (QED) is 0.792. The molecular weight excluding hydrogens is 256 g/mol. The van der Waals surface area contributed by atoms with Gasteiger partial charge in [-0.2, -0.15) is 0 Å². The minimum Gasteiger partial charge on any atom is -0.393 e. The van der Waals surface area contributed by atoms with Crippen molar-refractivity contribution in [2.45, 2.75) is 47.5 Å². The van der Waals surface area contributed by atoms with Crippen LogP contribution in [0.15, 0.2) is 0 Å². The SMILES string of the molecule is CC1(C(N)=S)CCN(C(=O)C2C(C)(C)C2(C)C)CC1. The third-order valence-corrected chi connectivity index (χ3v) is 6.53. The van der Waals surface area contributed by atoms with Gasteiger partial charge in [-0.3, -0.25) is 4.79 Å². The molecular formula is C15H26N2OS. The fourth-order valence-corrected chi connectivity index (χ4v) is 3.67. The maximum Gasteiger partial charge on any atom is 0.226 e. The number of amides is 1. The molecule has 0 aromatic carbocycles. The molecule has 2 fully saturated rings. The Bertz CT molecular complexity index is 406. The summed E-state index contributed by atoms with van der Waals surface area (Å²) in [6, 6.07) is 0. The highest BCUT2D eigenvalue weighted by molar-refractivity contribution is 7.80. The first kappa shape index (κ1) is 14.8. The van der Waals surface area contributed by atoms with Crippen LogP contribution in [0.2, 0.25) is 0 Å². The third-order valence-electron chi connectivity index (χ3n) is 6.04. The van der Waals surface area contributed by atoms with E-state index in [0.717, 1.165) is 25.9 Å². The summed E-state index contributed by atoms with van der Waals surface area (Å²) < 4.78 is 0. The summed E-state index contributed by atoms with van der Waals surface area (Å²) in [5, 5.41) is 0. The van der Waals surface area contributed by atoms with Gasteiger partial charge in [-0.05, 0) is 23.7 Å². The van der Waals surface area contributed by atoms with E-state index in [1.807, 2.05) is 4.90 Å². The predicted molar refractivity (Wildman–Crippen MR) is 81.8 cm³/mol. The Balaban J connectivity index is 2.00. The van der Waals surface area contributed by atoms with Gasteiger partial charge in [0, 0.05) is 24.4 Å². The number of nitrogens with zero attached hydrogens (tertiary/aromatic N) is 1. The highest BCUT2D eigenvalue weighted by Crippen LogP contribution is 2.68. The van der Waals surface area contributed by atoms with Crippen LogP contribution in [0.4, 0.5) is 0 Å². The van der Waals surface area contributed by atoms with Crippen molar-refractivity contribution < 1.29 is 4.79 Å². The fourth-order valence-electron chi connectivity index (χ4n) is 3.46. The molecule has 0 aromatic rings. The van der Waals surface area contributed by atoms with Crippen LogP contribution in [0.5, 0.6) is 0 Å². The van der Waals surface area contributed by atoms with Crippen molar-refractivity contribution in [1.29, 1.82) is 0 Å². The lowest BCUT2D eigenvalue weighted by atomic mass is 9.80. The molecule has 1 aliphatic heterocycles. The van der Waals surface area contributed by atoms with Crippen LogP contribution in [0.25, 0.3) is 0 Å². The first-order chi connectivity index (χ1) is 8.54. The van der Waals surface area contributed by atoms with E-state index in [9.17, 15) is 4.79 Å². The van der Waals surface area contributed by atoms with Crippen molar-refractivity contribution >= 4 is 23.1 Å². The largest absolute Gasteiger partial charge is 0.393 e. The molecule has 108 valence electrons. The molecule has 3 nitrogen and oxygen atoms in total. The Labute approximate surface area is 121 Å². The summed E-state index contributed by atoms with van der Waals surface area (Å²) in [7, 11) is 0. The van der Waals surface area contributed by atoms with Crippen LogP contribution in [-0.2, 0) is 4.79 Å². The van der Waals surface area contributed by atoms with Gasteiger partial charge in [0.15, 0.2) is 0 Å². The Morgan fingerprint density at radius 2 is 1.53 bits per heavy atom. The van der Waals surface area contributed by atoms with Crippen molar-refractivity contribution in [2.24, 2.45) is 27.9 Å². The molecule has 2 rings (SSSR count). The van der Waals surface area contributed by atoms with E-state index >= 15 is 0 Å². The molecule has 4 heteroatoms. The molecule has 1 amide bonds. The van der Waals surface area contributed by atoms with Crippen molar-refractivity contribution in [3.63, 3.8) is 0 Å². The summed E-state index contributed by atoms with van der Waals surface area (Å²) in [4.78, 5) is 15.2. The summed E-state index contributed by atoms with van der Waals surface area (Å²) in [5.41, 5.74) is 5.98. The Morgan fingerprint density at radius 3 is 1.84 bits per heavy atom. The second-order valence-electron chi connectivity index (χ2n) is 7.63. The smallest absolute Gasteiger partial charge is 0.226 e. The molecule has 0 radical (unpaired) electrons. The number of carbonyl (C=O) groups excluding carboxylic acids is 1. The van der Waals surface area contributed by atoms with Crippen LogP contribution in [0.1, 0.15) is 47.5 Å². The molecule has 1 aliphatic carbocycles. The average molecular weight is 282 g/mol. The van der Waals surface area contributed by atoms with E-state index in [4.69, 9.17) is 18.0 Å². The van der Waals surface area contributed by atoms with E-state index in [2.05, 4.69) is 34.6 Å². The normalized spacial score (nSPS) is 27.9. The van der Waals surface area contributed by atoms with E-state index < -0.39 is 0 Å². The minimum absolute atomic E-state index is 0.0688. The van der Waals surface area contributed by atoms with Gasteiger partial charge in [0.05, 0.1) is 4.99 Å². The maximum absolute atomic E-state index is 12.6. The maximum atomic E-state index is 12.6. The summed E-state index contributed by atoms with van der Waals surface area (Å²) in [6.45, 7) is 12.5. The van der Waals surface area contributed by atoms with Crippen LogP contribution in [0, 0.1) is 22.2 Å². The molecule has 1 saturated carbocycles. The van der Waals surface area contributed by atoms with Gasteiger partial charge in [-0.15, -0.1) is 0 Å². The van der Waals surface area contributed by atoms with E-state index in [0.29, 0.717) is 10.9 Å². The molecule has 0 spiro atoms. The lowest BCUT2D eigenvalue weighted by Crippen LogP contribution is -2.47. The van der Waals surface area contributed by atoms with Crippen molar-refractivity contribution in [3.05, 3.63) is 0 Å². The molecule has 1 saturated heterocycles. The number of carbonyl (C=O) groups is 1. The van der Waals surface area contributed by atoms with Gasteiger partial charge < -0.3 is 10.6 Å². The van der Waals surface area contributed by atoms with Crippen molar-refractivity contribution in [2.75, 3.05) is 13.1 Å². The first-order valence-corrected chi connectivity index (χ1v) is 7.53. The number of thiocarbonyl (C=S) groups is 1. The number of piperidine rings is 1. The lowest BCUT2D eigenvalue weighted by molar-refractivity contribution is -0.135. The van der Waals surface area contributed by atoms with Gasteiger partial charge >= 0.3 is 0 Å². The minimum atomic E-state index is -0.0688. The number of hydrogen-bond donors (Lipinski definition) is 1. The zero-order chi connectivity index (χ0) is 14.6. The zero-order valence-corrected chi connectivity index (χ0v) is 13.6. The molecule has 0 bridgehead atoms. The molecule has 19 heavy (non-hydrogen) atoms. The molecule has 0 atom stereocenters. The van der Waals surface area contributed by atoms with E-state index in [1.165, 1.54) is 0 Å². The predicted octanol–water partition coefficient (Wildman–Crippen LogP) is 2.58. The van der Waals surface area contributed by atoms with Gasteiger partial charge in [-0.25, -0.2) is 0 Å². The average Bonchev–Trinajstić information content (AvgIpc) is 2.69. The zero-order valence-electron chi connectivity index (χ0n) is 12.7. The fraction of sp³-hybridized carbons (Fsp3) is 0.867. The Hall–Kier alpha value is -0.640. The number of likely N-dealkylation sites (tertiary alicyclic amines) is 1. The number of rotatable bonds is 2. The number of nitrogens with two attached hydrogens (primary N) is 1. The second kappa shape index (κ2) is 4.18. The second-order valence-corrected chi connectivity index (χ2v) is 8.07. The monoisotopic (exact) mass is 282 g/mol. The molecule has 0 aromatic heterocycles. The summed E-state index contributed by atoms with van der Waals surface area (Å²) in [5.74, 6) is 0.481. The van der Waals surface area contributed by atoms with Gasteiger partial charge in [0.25, 0.3) is 0 Å². The Kier molecular flexibility index (Phi) is 3.24. The van der Waals surface area contributed by atoms with Crippen LogP contribution < -0.4 is 5.73 Å². The van der Waals surface area contributed by atoms with Crippen LogP contribution in [0.3, 0.4) is 0 Å². The molecule has 1 heterocycles. The van der Waals surface area contributed by atoms with E-state index in [1.54, 1.807) is 0 Å². The summed E-state index contributed by atoms with van der Waals surface area (Å²) in [6.07, 6.45) is 1.78. The van der Waals surface area contributed by atoms with Crippen LogP contribution >= 0.6 is 12.2 Å².